The summed E-state index contributed by atoms with van der Waals surface area (Å²) in [6.07, 6.45) is 0.0244. The van der Waals surface area contributed by atoms with E-state index in [0.29, 0.717) is 10.6 Å². The van der Waals surface area contributed by atoms with Gasteiger partial charge in [-0.2, -0.15) is 0 Å². The maximum absolute atomic E-state index is 13.6. The fourth-order valence-corrected chi connectivity index (χ4v) is 1.58. The molecule has 1 aromatic rings. The summed E-state index contributed by atoms with van der Waals surface area (Å²) < 4.78 is 13.6. The van der Waals surface area contributed by atoms with E-state index in [4.69, 9.17) is 17.3 Å². The molecule has 1 aromatic carbocycles. The van der Waals surface area contributed by atoms with Gasteiger partial charge in [0.25, 0.3) is 0 Å². The smallest absolute Gasteiger partial charge is 0.144 e. The molecule has 0 spiro atoms. The Morgan fingerprint density at radius 2 is 1.89 bits per heavy atom. The molecule has 0 aliphatic carbocycles. The molecule has 100 valence electrons. The van der Waals surface area contributed by atoms with Gasteiger partial charge in [0.15, 0.2) is 0 Å². The molecule has 0 unspecified atom stereocenters. The lowest BCUT2D eigenvalue weighted by Gasteiger charge is -2.37. The zero-order valence-electron chi connectivity index (χ0n) is 11.2. The van der Waals surface area contributed by atoms with Crippen LogP contribution in [0.5, 0.6) is 0 Å². The summed E-state index contributed by atoms with van der Waals surface area (Å²) >= 11 is 5.67. The molecule has 0 saturated carbocycles. The van der Waals surface area contributed by atoms with Crippen molar-refractivity contribution in [2.24, 2.45) is 11.1 Å². The second-order valence-electron chi connectivity index (χ2n) is 5.68. The molecule has 2 nitrogen and oxygen atoms in total. The van der Waals surface area contributed by atoms with Crippen molar-refractivity contribution < 1.29 is 9.18 Å². The molecule has 0 aliphatic rings. The predicted octanol–water partition coefficient (Wildman–Crippen LogP) is 3.35. The van der Waals surface area contributed by atoms with Crippen LogP contribution in [0.15, 0.2) is 18.2 Å². The lowest BCUT2D eigenvalue weighted by Crippen LogP contribution is -2.52. The first-order chi connectivity index (χ1) is 8.05. The van der Waals surface area contributed by atoms with Crippen LogP contribution in [-0.4, -0.2) is 11.3 Å². The van der Waals surface area contributed by atoms with E-state index in [2.05, 4.69) is 0 Å². The maximum atomic E-state index is 13.6. The van der Waals surface area contributed by atoms with Crippen LogP contribution >= 0.6 is 11.6 Å². The molecule has 0 amide bonds. The average Bonchev–Trinajstić information content (AvgIpc) is 2.20. The van der Waals surface area contributed by atoms with Crippen molar-refractivity contribution in [2.75, 3.05) is 0 Å². The van der Waals surface area contributed by atoms with E-state index < -0.39 is 16.8 Å². The van der Waals surface area contributed by atoms with E-state index in [-0.39, 0.29) is 12.2 Å². The minimum absolute atomic E-state index is 0.0244. The molecular weight excluding hydrogens is 253 g/mol. The molecular formula is C14H19ClFNO. The van der Waals surface area contributed by atoms with Crippen LogP contribution in [0.3, 0.4) is 0 Å². The Balaban J connectivity index is 2.95. The van der Waals surface area contributed by atoms with Crippen molar-refractivity contribution in [1.82, 2.24) is 0 Å². The number of hydrogen-bond acceptors (Lipinski definition) is 2. The van der Waals surface area contributed by atoms with Gasteiger partial charge in [-0.3, -0.25) is 4.79 Å². The van der Waals surface area contributed by atoms with Gasteiger partial charge >= 0.3 is 0 Å². The summed E-state index contributed by atoms with van der Waals surface area (Å²) in [7, 11) is 0. The van der Waals surface area contributed by atoms with Gasteiger partial charge in [-0.1, -0.05) is 31.5 Å². The largest absolute Gasteiger partial charge is 0.325 e. The quantitative estimate of drug-likeness (QED) is 0.913. The van der Waals surface area contributed by atoms with Crippen molar-refractivity contribution in [2.45, 2.75) is 39.7 Å². The van der Waals surface area contributed by atoms with Crippen molar-refractivity contribution in [3.05, 3.63) is 34.6 Å². The third kappa shape index (κ3) is 3.09. The number of carbonyl (C=O) groups is 1. The lowest BCUT2D eigenvalue weighted by molar-refractivity contribution is -0.129. The maximum Gasteiger partial charge on any atom is 0.144 e. The van der Waals surface area contributed by atoms with Gasteiger partial charge < -0.3 is 5.73 Å². The molecule has 0 radical (unpaired) electrons. The van der Waals surface area contributed by atoms with E-state index in [1.54, 1.807) is 33.8 Å². The van der Waals surface area contributed by atoms with E-state index in [0.717, 1.165) is 0 Å². The normalized spacial score (nSPS) is 12.6. The zero-order chi connectivity index (χ0) is 14.1. The fourth-order valence-electron chi connectivity index (χ4n) is 1.42. The number of halogens is 2. The second-order valence-corrected chi connectivity index (χ2v) is 6.12. The number of nitrogens with two attached hydrogens (primary N) is 1. The second kappa shape index (κ2) is 4.98. The molecule has 0 fully saturated rings. The predicted molar refractivity (Wildman–Crippen MR) is 72.2 cm³/mol. The van der Waals surface area contributed by atoms with Crippen LogP contribution in [-0.2, 0) is 11.2 Å². The van der Waals surface area contributed by atoms with Crippen LogP contribution in [0.2, 0.25) is 5.02 Å². The highest BCUT2D eigenvalue weighted by molar-refractivity contribution is 6.30. The Bertz CT molecular complexity index is 463. The van der Waals surface area contributed by atoms with E-state index in [9.17, 15) is 9.18 Å². The summed E-state index contributed by atoms with van der Waals surface area (Å²) in [5.74, 6) is -0.544. The summed E-state index contributed by atoms with van der Waals surface area (Å²) in [5.41, 5.74) is 4.96. The molecule has 0 saturated heterocycles. The van der Waals surface area contributed by atoms with E-state index in [1.165, 1.54) is 12.1 Å². The zero-order valence-corrected chi connectivity index (χ0v) is 11.9. The first-order valence-corrected chi connectivity index (χ1v) is 6.19. The standard InChI is InChI=1S/C14H19ClFNO/c1-13(2,14(3,4)17)12(18)7-9-5-6-10(15)8-11(9)16/h5-6,8H,7,17H2,1-4H3. The van der Waals surface area contributed by atoms with Crippen LogP contribution in [0, 0.1) is 11.2 Å². The molecule has 18 heavy (non-hydrogen) atoms. The Kier molecular flexibility index (Phi) is 4.19. The Hall–Kier alpha value is -0.930. The van der Waals surface area contributed by atoms with Gasteiger partial charge in [-0.05, 0) is 31.5 Å². The summed E-state index contributed by atoms with van der Waals surface area (Å²) in [6, 6.07) is 4.33. The van der Waals surface area contributed by atoms with Crippen molar-refractivity contribution in [1.29, 1.82) is 0 Å². The van der Waals surface area contributed by atoms with Crippen molar-refractivity contribution in [3.8, 4) is 0 Å². The van der Waals surface area contributed by atoms with E-state index in [1.807, 2.05) is 0 Å². The third-order valence-corrected chi connectivity index (χ3v) is 3.91. The highest BCUT2D eigenvalue weighted by atomic mass is 35.5. The SMILES string of the molecule is CC(C)(N)C(C)(C)C(=O)Cc1ccc(Cl)cc1F. The van der Waals surface area contributed by atoms with Crippen LogP contribution in [0.1, 0.15) is 33.3 Å². The molecule has 4 heteroatoms. The fraction of sp³-hybridized carbons (Fsp3) is 0.500. The van der Waals surface area contributed by atoms with Crippen LogP contribution < -0.4 is 5.73 Å². The van der Waals surface area contributed by atoms with Gasteiger partial charge in [0.2, 0.25) is 0 Å². The van der Waals surface area contributed by atoms with Gasteiger partial charge in [0.05, 0.1) is 0 Å². The number of benzene rings is 1. The highest BCUT2D eigenvalue weighted by Crippen LogP contribution is 2.31. The first kappa shape index (κ1) is 15.1. The van der Waals surface area contributed by atoms with Gasteiger partial charge in [0.1, 0.15) is 11.6 Å². The Morgan fingerprint density at radius 1 is 1.33 bits per heavy atom. The van der Waals surface area contributed by atoms with E-state index >= 15 is 0 Å². The number of rotatable bonds is 4. The number of carbonyl (C=O) groups excluding carboxylic acids is 1. The molecule has 0 aromatic heterocycles. The molecule has 0 atom stereocenters. The molecule has 2 N–H and O–H groups in total. The molecule has 0 heterocycles. The van der Waals surface area contributed by atoms with Crippen LogP contribution in [0.25, 0.3) is 0 Å². The minimum Gasteiger partial charge on any atom is -0.325 e. The average molecular weight is 272 g/mol. The van der Waals surface area contributed by atoms with Gasteiger partial charge in [-0.15, -0.1) is 0 Å². The minimum atomic E-state index is -0.723. The summed E-state index contributed by atoms with van der Waals surface area (Å²) in [5, 5.41) is 0.321. The summed E-state index contributed by atoms with van der Waals surface area (Å²) in [6.45, 7) is 7.15. The molecule has 0 aliphatic heterocycles. The van der Waals surface area contributed by atoms with Crippen molar-refractivity contribution in [3.63, 3.8) is 0 Å². The third-order valence-electron chi connectivity index (χ3n) is 3.67. The Labute approximate surface area is 112 Å². The summed E-state index contributed by atoms with van der Waals surface area (Å²) in [4.78, 5) is 12.2. The van der Waals surface area contributed by atoms with Gasteiger partial charge in [0, 0.05) is 22.4 Å². The molecule has 1 rings (SSSR count). The van der Waals surface area contributed by atoms with Gasteiger partial charge in [-0.25, -0.2) is 4.39 Å². The van der Waals surface area contributed by atoms with Crippen LogP contribution in [0.4, 0.5) is 4.39 Å². The topological polar surface area (TPSA) is 43.1 Å². The highest BCUT2D eigenvalue weighted by Gasteiger charge is 2.39. The first-order valence-electron chi connectivity index (χ1n) is 5.82. The lowest BCUT2D eigenvalue weighted by atomic mass is 9.71. The number of Topliss-reactive ketones (excluding diaryl/α,β-unsaturated/α-hetero) is 1. The number of ketones is 1. The number of hydrogen-bond donors (Lipinski definition) is 1. The molecule has 0 bridgehead atoms. The monoisotopic (exact) mass is 271 g/mol. The van der Waals surface area contributed by atoms with Crippen molar-refractivity contribution >= 4 is 17.4 Å². The Morgan fingerprint density at radius 3 is 2.33 bits per heavy atom.